The summed E-state index contributed by atoms with van der Waals surface area (Å²) in [6.07, 6.45) is 3.93. The summed E-state index contributed by atoms with van der Waals surface area (Å²) >= 11 is 0. The van der Waals surface area contributed by atoms with Crippen molar-refractivity contribution in [1.82, 2.24) is 5.32 Å². The molecular formula is C23H27N3O7. The minimum atomic E-state index is -0.700. The fraction of sp³-hybridized carbons (Fsp3) is 0.391. The number of amides is 2. The molecule has 10 nitrogen and oxygen atoms in total. The Morgan fingerprint density at radius 2 is 1.76 bits per heavy atom. The number of benzene rings is 2. The Morgan fingerprint density at radius 3 is 2.36 bits per heavy atom. The number of nitrogens with zero attached hydrogens (tertiary/aromatic N) is 1. The normalized spacial score (nSPS) is 13.3. The van der Waals surface area contributed by atoms with Crippen LogP contribution in [0.15, 0.2) is 30.3 Å². The van der Waals surface area contributed by atoms with Gasteiger partial charge in [0, 0.05) is 24.2 Å². The van der Waals surface area contributed by atoms with E-state index < -0.39 is 16.5 Å². The lowest BCUT2D eigenvalue weighted by Gasteiger charge is -2.15. The van der Waals surface area contributed by atoms with Crippen LogP contribution in [-0.4, -0.2) is 38.1 Å². The number of hydrogen-bond donors (Lipinski definition) is 2. The quantitative estimate of drug-likeness (QED) is 0.434. The highest BCUT2D eigenvalue weighted by Crippen LogP contribution is 2.46. The maximum atomic E-state index is 12.9. The van der Waals surface area contributed by atoms with Crippen molar-refractivity contribution in [3.05, 3.63) is 51.6 Å². The van der Waals surface area contributed by atoms with Crippen molar-refractivity contribution >= 4 is 23.2 Å². The van der Waals surface area contributed by atoms with Gasteiger partial charge in [0.25, 0.3) is 5.91 Å². The Hall–Kier alpha value is -3.82. The first-order valence-electron chi connectivity index (χ1n) is 10.5. The zero-order chi connectivity index (χ0) is 24.0. The largest absolute Gasteiger partial charge is 0.493 e. The van der Waals surface area contributed by atoms with Crippen molar-refractivity contribution in [3.63, 3.8) is 0 Å². The van der Waals surface area contributed by atoms with Gasteiger partial charge >= 0.3 is 5.69 Å². The first-order valence-corrected chi connectivity index (χ1v) is 10.5. The predicted molar refractivity (Wildman–Crippen MR) is 121 cm³/mol. The first-order chi connectivity index (χ1) is 15.9. The number of nitro groups is 1. The summed E-state index contributed by atoms with van der Waals surface area (Å²) in [4.78, 5) is 36.3. The lowest BCUT2D eigenvalue weighted by atomic mass is 10.1. The van der Waals surface area contributed by atoms with Crippen molar-refractivity contribution in [3.8, 4) is 17.2 Å². The fourth-order valence-electron chi connectivity index (χ4n) is 3.96. The van der Waals surface area contributed by atoms with Gasteiger partial charge in [0.2, 0.25) is 17.4 Å². The molecule has 33 heavy (non-hydrogen) atoms. The van der Waals surface area contributed by atoms with E-state index in [-0.39, 0.29) is 41.2 Å². The third-order valence-corrected chi connectivity index (χ3v) is 5.60. The number of anilines is 1. The van der Waals surface area contributed by atoms with Crippen LogP contribution in [0.1, 0.15) is 41.6 Å². The van der Waals surface area contributed by atoms with Crippen LogP contribution in [0.2, 0.25) is 0 Å². The maximum Gasteiger partial charge on any atom is 0.327 e. The van der Waals surface area contributed by atoms with Crippen LogP contribution >= 0.6 is 0 Å². The molecule has 2 amide bonds. The van der Waals surface area contributed by atoms with Gasteiger partial charge < -0.3 is 24.8 Å². The predicted octanol–water partition coefficient (Wildman–Crippen LogP) is 3.68. The van der Waals surface area contributed by atoms with Gasteiger partial charge in [-0.15, -0.1) is 0 Å². The lowest BCUT2D eigenvalue weighted by molar-refractivity contribution is -0.386. The number of rotatable bonds is 9. The maximum absolute atomic E-state index is 12.9. The summed E-state index contributed by atoms with van der Waals surface area (Å²) in [7, 11) is 3.93. The van der Waals surface area contributed by atoms with Crippen LogP contribution in [0.5, 0.6) is 17.2 Å². The molecule has 0 unspecified atom stereocenters. The van der Waals surface area contributed by atoms with Crippen molar-refractivity contribution in [1.29, 1.82) is 0 Å². The van der Waals surface area contributed by atoms with Crippen LogP contribution < -0.4 is 24.8 Å². The molecule has 1 aliphatic rings. The Bertz CT molecular complexity index is 1050. The second-order valence-electron chi connectivity index (χ2n) is 7.65. The van der Waals surface area contributed by atoms with Crippen LogP contribution in [0.4, 0.5) is 11.4 Å². The van der Waals surface area contributed by atoms with Gasteiger partial charge in [-0.2, -0.15) is 0 Å². The SMILES string of the molecule is COc1cc(C(=O)NCc2cccc(NC(=O)C3CCCC3)c2)c([N+](=O)[O-])c(OC)c1OC. The Kier molecular flexibility index (Phi) is 7.70. The minimum Gasteiger partial charge on any atom is -0.493 e. The van der Waals surface area contributed by atoms with Gasteiger partial charge in [-0.3, -0.25) is 19.7 Å². The van der Waals surface area contributed by atoms with Gasteiger partial charge in [-0.05, 0) is 30.5 Å². The van der Waals surface area contributed by atoms with E-state index in [1.54, 1.807) is 24.3 Å². The average molecular weight is 457 g/mol. The summed E-state index contributed by atoms with van der Waals surface area (Å²) in [5.41, 5.74) is 0.616. The number of ether oxygens (including phenoxy) is 3. The zero-order valence-corrected chi connectivity index (χ0v) is 18.8. The molecule has 2 aromatic carbocycles. The van der Waals surface area contributed by atoms with E-state index in [2.05, 4.69) is 10.6 Å². The molecule has 1 aliphatic carbocycles. The molecule has 1 fully saturated rings. The molecule has 3 rings (SSSR count). The first kappa shape index (κ1) is 23.8. The Morgan fingerprint density at radius 1 is 1.06 bits per heavy atom. The molecule has 176 valence electrons. The summed E-state index contributed by atoms with van der Waals surface area (Å²) in [5, 5.41) is 17.3. The monoisotopic (exact) mass is 457 g/mol. The number of methoxy groups -OCH3 is 3. The molecule has 0 atom stereocenters. The highest BCUT2D eigenvalue weighted by Gasteiger charge is 2.32. The molecule has 1 saturated carbocycles. The van der Waals surface area contributed by atoms with Crippen LogP contribution in [-0.2, 0) is 11.3 Å². The van der Waals surface area contributed by atoms with Crippen LogP contribution in [0.25, 0.3) is 0 Å². The van der Waals surface area contributed by atoms with E-state index in [0.717, 1.165) is 31.2 Å². The molecule has 0 aliphatic heterocycles. The van der Waals surface area contributed by atoms with Crippen molar-refractivity contribution in [2.75, 3.05) is 26.6 Å². The lowest BCUT2D eigenvalue weighted by Crippen LogP contribution is -2.24. The van der Waals surface area contributed by atoms with Gasteiger partial charge in [-0.25, -0.2) is 0 Å². The van der Waals surface area contributed by atoms with E-state index in [1.807, 2.05) is 0 Å². The van der Waals surface area contributed by atoms with Gasteiger partial charge in [-0.1, -0.05) is 25.0 Å². The van der Waals surface area contributed by atoms with E-state index in [0.29, 0.717) is 5.69 Å². The average Bonchev–Trinajstić information content (AvgIpc) is 3.36. The highest BCUT2D eigenvalue weighted by atomic mass is 16.6. The van der Waals surface area contributed by atoms with Crippen LogP contribution in [0.3, 0.4) is 0 Å². The summed E-state index contributed by atoms with van der Waals surface area (Å²) < 4.78 is 15.5. The smallest absolute Gasteiger partial charge is 0.327 e. The van der Waals surface area contributed by atoms with E-state index in [1.165, 1.54) is 27.4 Å². The van der Waals surface area contributed by atoms with E-state index in [4.69, 9.17) is 14.2 Å². The molecule has 2 N–H and O–H groups in total. The zero-order valence-electron chi connectivity index (χ0n) is 18.8. The van der Waals surface area contributed by atoms with Crippen LogP contribution in [0, 0.1) is 16.0 Å². The van der Waals surface area contributed by atoms with Crippen molar-refractivity contribution < 1.29 is 28.7 Å². The molecule has 0 aromatic heterocycles. The molecule has 0 heterocycles. The second kappa shape index (κ2) is 10.7. The Balaban J connectivity index is 1.78. The number of carbonyl (C=O) groups is 2. The van der Waals surface area contributed by atoms with Gasteiger partial charge in [0.15, 0.2) is 5.75 Å². The number of carbonyl (C=O) groups excluding carboxylic acids is 2. The summed E-state index contributed by atoms with van der Waals surface area (Å²) in [6, 6.07) is 8.34. The van der Waals surface area contributed by atoms with E-state index in [9.17, 15) is 19.7 Å². The number of nitrogens with one attached hydrogen (secondary N) is 2. The third-order valence-electron chi connectivity index (χ3n) is 5.60. The second-order valence-corrected chi connectivity index (χ2v) is 7.65. The third kappa shape index (κ3) is 5.33. The molecule has 0 bridgehead atoms. The van der Waals surface area contributed by atoms with Crippen molar-refractivity contribution in [2.45, 2.75) is 32.2 Å². The molecule has 0 spiro atoms. The summed E-state index contributed by atoms with van der Waals surface area (Å²) in [6.45, 7) is 0.0970. The minimum absolute atomic E-state index is 0.00160. The molecule has 10 heteroatoms. The van der Waals surface area contributed by atoms with Gasteiger partial charge in [0.05, 0.1) is 26.3 Å². The Labute approximate surface area is 191 Å². The fourth-order valence-corrected chi connectivity index (χ4v) is 3.96. The molecule has 2 aromatic rings. The van der Waals surface area contributed by atoms with Crippen molar-refractivity contribution in [2.24, 2.45) is 5.92 Å². The molecule has 0 saturated heterocycles. The number of hydrogen-bond acceptors (Lipinski definition) is 7. The molecule has 0 radical (unpaired) electrons. The number of nitro benzene ring substituents is 1. The highest BCUT2D eigenvalue weighted by molar-refractivity contribution is 6.00. The topological polar surface area (TPSA) is 129 Å². The standard InChI is InChI=1S/C23H27N3O7/c1-31-18-12-17(19(26(29)30)21(33-3)20(18)32-2)23(28)24-13-14-7-6-10-16(11-14)25-22(27)15-8-4-5-9-15/h6-7,10-12,15H,4-5,8-9,13H2,1-3H3,(H,24,28)(H,25,27). The van der Waals surface area contributed by atoms with E-state index >= 15 is 0 Å². The van der Waals surface area contributed by atoms with Gasteiger partial charge in [0.1, 0.15) is 5.56 Å². The molecular weight excluding hydrogens is 430 g/mol. The summed E-state index contributed by atoms with van der Waals surface area (Å²) in [5.74, 6) is -0.698.